The molecular weight excluding hydrogens is 362 g/mol. The minimum atomic E-state index is -4.16. The number of benzene rings is 1. The molecule has 0 N–H and O–H groups in total. The van der Waals surface area contributed by atoms with Crippen LogP contribution in [0.15, 0.2) is 53.8 Å². The van der Waals surface area contributed by atoms with E-state index >= 15 is 0 Å². The maximum absolute atomic E-state index is 12.3. The summed E-state index contributed by atoms with van der Waals surface area (Å²) in [7, 11) is -8.10. The standard InChI is InChI=1S/C14H14F2N2O4S2/c1-23(19,20)18-10-12(11-6-3-2-4-7-11)17-14(18)24(21,22)9-5-8-13(15)16/h2-4,6-8,10H,5,9H2,1H3. The summed E-state index contributed by atoms with van der Waals surface area (Å²) in [5, 5.41) is -0.684. The zero-order valence-corrected chi connectivity index (χ0v) is 14.2. The second-order valence-corrected chi connectivity index (χ2v) is 8.80. The summed E-state index contributed by atoms with van der Waals surface area (Å²) >= 11 is 0. The van der Waals surface area contributed by atoms with E-state index in [4.69, 9.17) is 0 Å². The Hall–Kier alpha value is -2.07. The van der Waals surface area contributed by atoms with Crippen molar-refractivity contribution in [3.8, 4) is 11.3 Å². The van der Waals surface area contributed by atoms with E-state index < -0.39 is 43.3 Å². The molecule has 24 heavy (non-hydrogen) atoms. The number of hydrogen-bond acceptors (Lipinski definition) is 5. The predicted molar refractivity (Wildman–Crippen MR) is 84.9 cm³/mol. The van der Waals surface area contributed by atoms with Crippen molar-refractivity contribution in [2.75, 3.05) is 12.0 Å². The molecule has 0 unspecified atom stereocenters. The molecule has 130 valence electrons. The monoisotopic (exact) mass is 376 g/mol. The van der Waals surface area contributed by atoms with Crippen LogP contribution in [0.2, 0.25) is 0 Å². The molecule has 0 radical (unpaired) electrons. The van der Waals surface area contributed by atoms with Gasteiger partial charge in [0.2, 0.25) is 25.0 Å². The lowest BCUT2D eigenvalue weighted by Crippen LogP contribution is -2.18. The van der Waals surface area contributed by atoms with Crippen LogP contribution in [0, 0.1) is 0 Å². The van der Waals surface area contributed by atoms with Gasteiger partial charge in [0.1, 0.15) is 0 Å². The molecule has 0 aliphatic heterocycles. The Balaban J connectivity index is 2.52. The molecule has 0 aliphatic carbocycles. The molecule has 0 saturated carbocycles. The van der Waals surface area contributed by atoms with E-state index in [0.717, 1.165) is 12.5 Å². The van der Waals surface area contributed by atoms with Crippen molar-refractivity contribution in [1.82, 2.24) is 8.96 Å². The number of hydrogen-bond donors (Lipinski definition) is 0. The molecule has 0 saturated heterocycles. The fourth-order valence-corrected chi connectivity index (χ4v) is 4.49. The van der Waals surface area contributed by atoms with Gasteiger partial charge in [-0.15, -0.1) is 0 Å². The Morgan fingerprint density at radius 3 is 2.33 bits per heavy atom. The maximum Gasteiger partial charge on any atom is 0.266 e. The zero-order chi connectivity index (χ0) is 18.0. The summed E-state index contributed by atoms with van der Waals surface area (Å²) in [6.07, 6.45) is -0.0421. The van der Waals surface area contributed by atoms with E-state index in [1.54, 1.807) is 30.3 Å². The second-order valence-electron chi connectivity index (χ2n) is 4.93. The van der Waals surface area contributed by atoms with Crippen molar-refractivity contribution >= 4 is 19.9 Å². The molecule has 0 amide bonds. The van der Waals surface area contributed by atoms with Gasteiger partial charge in [-0.05, 0) is 12.5 Å². The number of imidazole rings is 1. The number of nitrogens with zero attached hydrogens (tertiary/aromatic N) is 2. The lowest BCUT2D eigenvalue weighted by Gasteiger charge is -2.05. The minimum absolute atomic E-state index is 0.159. The number of aromatic nitrogens is 2. The maximum atomic E-state index is 12.3. The predicted octanol–water partition coefficient (Wildman–Crippen LogP) is 2.30. The molecule has 2 rings (SSSR count). The highest BCUT2D eigenvalue weighted by Gasteiger charge is 2.26. The second kappa shape index (κ2) is 6.81. The zero-order valence-electron chi connectivity index (χ0n) is 12.6. The van der Waals surface area contributed by atoms with Crippen molar-refractivity contribution in [3.05, 3.63) is 48.7 Å². The molecule has 1 aromatic heterocycles. The van der Waals surface area contributed by atoms with Crippen LogP contribution in [0.5, 0.6) is 0 Å². The average Bonchev–Trinajstić information content (AvgIpc) is 2.94. The first-order valence-corrected chi connectivity index (χ1v) is 10.2. The highest BCUT2D eigenvalue weighted by atomic mass is 32.2. The average molecular weight is 376 g/mol. The van der Waals surface area contributed by atoms with Crippen LogP contribution in [0.4, 0.5) is 8.78 Å². The topological polar surface area (TPSA) is 86.1 Å². The van der Waals surface area contributed by atoms with Gasteiger partial charge >= 0.3 is 0 Å². The van der Waals surface area contributed by atoms with E-state index in [1.165, 1.54) is 0 Å². The van der Waals surface area contributed by atoms with Crippen LogP contribution in [-0.4, -0.2) is 37.8 Å². The minimum Gasteiger partial charge on any atom is -0.220 e. The molecular formula is C14H14F2N2O4S2. The van der Waals surface area contributed by atoms with E-state index in [9.17, 15) is 25.6 Å². The van der Waals surface area contributed by atoms with Gasteiger partial charge in [-0.1, -0.05) is 30.3 Å². The highest BCUT2D eigenvalue weighted by Crippen LogP contribution is 2.23. The smallest absolute Gasteiger partial charge is 0.220 e. The van der Waals surface area contributed by atoms with Gasteiger partial charge in [0.25, 0.3) is 6.08 Å². The molecule has 10 heteroatoms. The highest BCUT2D eigenvalue weighted by molar-refractivity contribution is 7.93. The molecule has 1 heterocycles. The van der Waals surface area contributed by atoms with Gasteiger partial charge in [0, 0.05) is 11.8 Å². The Morgan fingerprint density at radius 2 is 1.79 bits per heavy atom. The Kier molecular flexibility index (Phi) is 5.19. The van der Waals surface area contributed by atoms with Crippen LogP contribution >= 0.6 is 0 Å². The van der Waals surface area contributed by atoms with E-state index in [-0.39, 0.29) is 5.69 Å². The van der Waals surface area contributed by atoms with E-state index in [0.29, 0.717) is 15.6 Å². The molecule has 2 aromatic rings. The van der Waals surface area contributed by atoms with Crippen LogP contribution < -0.4 is 0 Å². The van der Waals surface area contributed by atoms with Gasteiger partial charge in [0.05, 0.1) is 17.7 Å². The molecule has 0 fully saturated rings. The third kappa shape index (κ3) is 4.26. The first-order valence-electron chi connectivity index (χ1n) is 6.70. The summed E-state index contributed by atoms with van der Waals surface area (Å²) in [4.78, 5) is 3.90. The lowest BCUT2D eigenvalue weighted by molar-refractivity contribution is 0.418. The number of halogens is 2. The lowest BCUT2D eigenvalue weighted by atomic mass is 10.2. The normalized spacial score (nSPS) is 12.1. The number of sulfone groups is 1. The van der Waals surface area contributed by atoms with Crippen molar-refractivity contribution < 1.29 is 25.6 Å². The van der Waals surface area contributed by atoms with Crippen molar-refractivity contribution in [3.63, 3.8) is 0 Å². The third-order valence-electron chi connectivity index (χ3n) is 3.03. The van der Waals surface area contributed by atoms with Crippen LogP contribution in [0.25, 0.3) is 11.3 Å². The van der Waals surface area contributed by atoms with Crippen LogP contribution in [0.3, 0.4) is 0 Å². The van der Waals surface area contributed by atoms with Crippen molar-refractivity contribution in [2.45, 2.75) is 11.6 Å². The van der Waals surface area contributed by atoms with E-state index in [2.05, 4.69) is 4.98 Å². The summed E-state index contributed by atoms with van der Waals surface area (Å²) in [6, 6.07) is 8.42. The van der Waals surface area contributed by atoms with Gasteiger partial charge < -0.3 is 0 Å². The van der Waals surface area contributed by atoms with Gasteiger partial charge in [-0.3, -0.25) is 0 Å². The van der Waals surface area contributed by atoms with Gasteiger partial charge in [-0.25, -0.2) is 25.8 Å². The first kappa shape index (κ1) is 18.3. The Bertz CT molecular complexity index is 961. The molecule has 0 aliphatic rings. The molecule has 0 spiro atoms. The Labute approximate surface area is 138 Å². The molecule has 6 nitrogen and oxygen atoms in total. The van der Waals surface area contributed by atoms with Gasteiger partial charge in [-0.2, -0.15) is 8.78 Å². The first-order chi connectivity index (χ1) is 11.1. The summed E-state index contributed by atoms with van der Waals surface area (Å²) in [5.74, 6) is -0.675. The van der Waals surface area contributed by atoms with Crippen LogP contribution in [0.1, 0.15) is 6.42 Å². The SMILES string of the molecule is CS(=O)(=O)n1cc(-c2ccccc2)nc1S(=O)(=O)CCC=C(F)F. The van der Waals surface area contributed by atoms with E-state index in [1.807, 2.05) is 0 Å². The quantitative estimate of drug-likeness (QED) is 0.772. The summed E-state index contributed by atoms with van der Waals surface area (Å²) < 4.78 is 73.0. The fraction of sp³-hybridized carbons (Fsp3) is 0.214. The van der Waals surface area contributed by atoms with Gasteiger partial charge in [0.15, 0.2) is 0 Å². The van der Waals surface area contributed by atoms with Crippen molar-refractivity contribution in [2.24, 2.45) is 0 Å². The Morgan fingerprint density at radius 1 is 1.17 bits per heavy atom. The summed E-state index contributed by atoms with van der Waals surface area (Å²) in [5.41, 5.74) is 0.692. The number of rotatable bonds is 6. The molecule has 0 atom stereocenters. The van der Waals surface area contributed by atoms with Crippen LogP contribution in [-0.2, 0) is 19.9 Å². The van der Waals surface area contributed by atoms with Crippen molar-refractivity contribution in [1.29, 1.82) is 0 Å². The molecule has 0 bridgehead atoms. The number of allylic oxidation sites excluding steroid dienone is 1. The molecule has 1 aromatic carbocycles. The fourth-order valence-electron chi connectivity index (χ4n) is 1.95. The largest absolute Gasteiger partial charge is 0.266 e. The third-order valence-corrected chi connectivity index (χ3v) is 5.76. The summed E-state index contributed by atoms with van der Waals surface area (Å²) in [6.45, 7) is 0.